The fraction of sp³-hybridized carbons (Fsp3) is 0.789. The van der Waals surface area contributed by atoms with Gasteiger partial charge in [0.1, 0.15) is 0 Å². The Balaban J connectivity index is 1.54. The number of aliphatic imine (C=N–C) groups is 1. The summed E-state index contributed by atoms with van der Waals surface area (Å²) in [5.74, 6) is 1.77. The molecule has 0 amide bonds. The highest BCUT2D eigenvalue weighted by Gasteiger charge is 2.15. The van der Waals surface area contributed by atoms with E-state index < -0.39 is 0 Å². The Hall–Kier alpha value is -1.14. The molecule has 1 fully saturated rings. The summed E-state index contributed by atoms with van der Waals surface area (Å²) in [5.41, 5.74) is 1.16. The molecular formula is C19H35N5S. The molecule has 2 N–H and O–H groups in total. The van der Waals surface area contributed by atoms with Gasteiger partial charge in [-0.2, -0.15) is 0 Å². The predicted octanol–water partition coefficient (Wildman–Crippen LogP) is 2.98. The standard InChI is InChI=1S/C19H35N5S/c1-15-8-7-13-24(14-15)12-6-5-10-21-19(20-4)22-11-9-18-23-16(2)17(3)25-18/h15H,5-14H2,1-4H3,(H2,20,21,22). The van der Waals surface area contributed by atoms with Gasteiger partial charge in [0.2, 0.25) is 0 Å². The molecule has 0 radical (unpaired) electrons. The van der Waals surface area contributed by atoms with Crippen molar-refractivity contribution in [2.24, 2.45) is 10.9 Å². The molecule has 0 aliphatic carbocycles. The number of guanidine groups is 1. The van der Waals surface area contributed by atoms with Crippen molar-refractivity contribution in [1.82, 2.24) is 20.5 Å². The Morgan fingerprint density at radius 1 is 1.28 bits per heavy atom. The Kier molecular flexibility index (Phi) is 8.68. The minimum atomic E-state index is 0.873. The van der Waals surface area contributed by atoms with Crippen molar-refractivity contribution in [3.05, 3.63) is 15.6 Å². The SMILES string of the molecule is CN=C(NCCCCN1CCCC(C)C1)NCCc1nc(C)c(C)s1. The molecular weight excluding hydrogens is 330 g/mol. The van der Waals surface area contributed by atoms with Crippen LogP contribution in [0.3, 0.4) is 0 Å². The Morgan fingerprint density at radius 2 is 2.08 bits per heavy atom. The van der Waals surface area contributed by atoms with Crippen LogP contribution in [0.4, 0.5) is 0 Å². The lowest BCUT2D eigenvalue weighted by molar-refractivity contribution is 0.181. The largest absolute Gasteiger partial charge is 0.356 e. The maximum Gasteiger partial charge on any atom is 0.190 e. The maximum absolute atomic E-state index is 4.58. The second-order valence-corrected chi connectivity index (χ2v) is 8.47. The molecule has 1 aromatic heterocycles. The van der Waals surface area contributed by atoms with Crippen LogP contribution >= 0.6 is 11.3 Å². The van der Waals surface area contributed by atoms with E-state index in [0.717, 1.165) is 37.1 Å². The van der Waals surface area contributed by atoms with Gasteiger partial charge in [0.05, 0.1) is 10.7 Å². The summed E-state index contributed by atoms with van der Waals surface area (Å²) < 4.78 is 0. The number of hydrogen-bond donors (Lipinski definition) is 2. The summed E-state index contributed by atoms with van der Waals surface area (Å²) in [6, 6.07) is 0. The van der Waals surface area contributed by atoms with Crippen LogP contribution in [0.2, 0.25) is 0 Å². The number of likely N-dealkylation sites (tertiary alicyclic amines) is 1. The van der Waals surface area contributed by atoms with E-state index in [4.69, 9.17) is 0 Å². The van der Waals surface area contributed by atoms with E-state index in [9.17, 15) is 0 Å². The van der Waals surface area contributed by atoms with E-state index in [0.29, 0.717) is 0 Å². The second kappa shape index (κ2) is 10.8. The van der Waals surface area contributed by atoms with Crippen LogP contribution in [0.1, 0.15) is 48.2 Å². The fourth-order valence-corrected chi connectivity index (χ4v) is 4.25. The van der Waals surface area contributed by atoms with Gasteiger partial charge in [-0.15, -0.1) is 11.3 Å². The Morgan fingerprint density at radius 3 is 2.76 bits per heavy atom. The summed E-state index contributed by atoms with van der Waals surface area (Å²) in [6.45, 7) is 12.3. The van der Waals surface area contributed by atoms with Crippen molar-refractivity contribution in [3.63, 3.8) is 0 Å². The molecule has 0 spiro atoms. The smallest absolute Gasteiger partial charge is 0.190 e. The van der Waals surface area contributed by atoms with Crippen molar-refractivity contribution in [1.29, 1.82) is 0 Å². The monoisotopic (exact) mass is 365 g/mol. The third kappa shape index (κ3) is 7.32. The van der Waals surface area contributed by atoms with Gasteiger partial charge in [0.25, 0.3) is 0 Å². The number of rotatable bonds is 8. The molecule has 1 aliphatic rings. The van der Waals surface area contributed by atoms with Crippen LogP contribution in [0.5, 0.6) is 0 Å². The Labute approximate surface area is 157 Å². The molecule has 1 saturated heterocycles. The van der Waals surface area contributed by atoms with E-state index in [2.05, 4.69) is 46.3 Å². The zero-order chi connectivity index (χ0) is 18.1. The lowest BCUT2D eigenvalue weighted by Crippen LogP contribution is -2.39. The minimum absolute atomic E-state index is 0.873. The number of nitrogens with one attached hydrogen (secondary N) is 2. The van der Waals surface area contributed by atoms with Crippen molar-refractivity contribution < 1.29 is 0 Å². The number of hydrogen-bond acceptors (Lipinski definition) is 4. The quantitative estimate of drug-likeness (QED) is 0.422. The van der Waals surface area contributed by atoms with Crippen LogP contribution in [-0.2, 0) is 6.42 Å². The average Bonchev–Trinajstić information content (AvgIpc) is 2.91. The molecule has 1 atom stereocenters. The third-order valence-electron chi connectivity index (χ3n) is 4.86. The van der Waals surface area contributed by atoms with E-state index >= 15 is 0 Å². The zero-order valence-electron chi connectivity index (χ0n) is 16.4. The average molecular weight is 366 g/mol. The van der Waals surface area contributed by atoms with Crippen LogP contribution < -0.4 is 10.6 Å². The summed E-state index contributed by atoms with van der Waals surface area (Å²) in [6.07, 6.45) is 6.17. The number of thiazole rings is 1. The lowest BCUT2D eigenvalue weighted by atomic mass is 10.0. The summed E-state index contributed by atoms with van der Waals surface area (Å²) >= 11 is 1.80. The minimum Gasteiger partial charge on any atom is -0.356 e. The van der Waals surface area contributed by atoms with Crippen molar-refractivity contribution >= 4 is 17.3 Å². The van der Waals surface area contributed by atoms with Gasteiger partial charge in [0, 0.05) is 38.0 Å². The van der Waals surface area contributed by atoms with Gasteiger partial charge in [-0.3, -0.25) is 4.99 Å². The first-order valence-corrected chi connectivity index (χ1v) is 10.5. The summed E-state index contributed by atoms with van der Waals surface area (Å²) in [7, 11) is 1.84. The first-order valence-electron chi connectivity index (χ1n) is 9.68. The lowest BCUT2D eigenvalue weighted by Gasteiger charge is -2.30. The predicted molar refractivity (Wildman–Crippen MR) is 109 cm³/mol. The number of aromatic nitrogens is 1. The van der Waals surface area contributed by atoms with Gasteiger partial charge in [-0.25, -0.2) is 4.98 Å². The van der Waals surface area contributed by atoms with E-state index in [1.165, 1.54) is 55.2 Å². The highest BCUT2D eigenvalue weighted by molar-refractivity contribution is 7.11. The van der Waals surface area contributed by atoms with Gasteiger partial charge >= 0.3 is 0 Å². The van der Waals surface area contributed by atoms with Crippen LogP contribution in [0.15, 0.2) is 4.99 Å². The van der Waals surface area contributed by atoms with Crippen LogP contribution in [0, 0.1) is 19.8 Å². The van der Waals surface area contributed by atoms with Crippen molar-refractivity contribution in [3.8, 4) is 0 Å². The molecule has 0 bridgehead atoms. The molecule has 6 heteroatoms. The molecule has 0 saturated carbocycles. The molecule has 5 nitrogen and oxygen atoms in total. The topological polar surface area (TPSA) is 52.6 Å². The first-order chi connectivity index (χ1) is 12.1. The van der Waals surface area contributed by atoms with Crippen molar-refractivity contribution in [2.75, 3.05) is 39.8 Å². The highest BCUT2D eigenvalue weighted by atomic mass is 32.1. The van der Waals surface area contributed by atoms with Crippen LogP contribution in [0.25, 0.3) is 0 Å². The summed E-state index contributed by atoms with van der Waals surface area (Å²) in [4.78, 5) is 12.8. The third-order valence-corrected chi connectivity index (χ3v) is 6.00. The van der Waals surface area contributed by atoms with E-state index in [-0.39, 0.29) is 0 Å². The molecule has 1 unspecified atom stereocenters. The number of unbranched alkanes of at least 4 members (excludes halogenated alkanes) is 1. The first kappa shape index (κ1) is 20.2. The molecule has 142 valence electrons. The van der Waals surface area contributed by atoms with Crippen molar-refractivity contribution in [2.45, 2.75) is 52.9 Å². The fourth-order valence-electron chi connectivity index (χ4n) is 3.31. The van der Waals surface area contributed by atoms with Gasteiger partial charge in [-0.1, -0.05) is 6.92 Å². The Bertz CT molecular complexity index is 520. The highest BCUT2D eigenvalue weighted by Crippen LogP contribution is 2.16. The number of nitrogens with zero attached hydrogens (tertiary/aromatic N) is 3. The number of piperidine rings is 1. The zero-order valence-corrected chi connectivity index (χ0v) is 17.2. The molecule has 1 aromatic rings. The van der Waals surface area contributed by atoms with E-state index in [1.807, 2.05) is 7.05 Å². The van der Waals surface area contributed by atoms with Crippen LogP contribution in [-0.4, -0.2) is 55.6 Å². The second-order valence-electron chi connectivity index (χ2n) is 7.18. The molecule has 0 aromatic carbocycles. The maximum atomic E-state index is 4.58. The molecule has 2 heterocycles. The van der Waals surface area contributed by atoms with Gasteiger partial charge in [0.15, 0.2) is 5.96 Å². The van der Waals surface area contributed by atoms with E-state index in [1.54, 1.807) is 11.3 Å². The van der Waals surface area contributed by atoms with Gasteiger partial charge < -0.3 is 15.5 Å². The molecule has 2 rings (SSSR count). The summed E-state index contributed by atoms with van der Waals surface area (Å²) in [5, 5.41) is 8.01. The molecule has 25 heavy (non-hydrogen) atoms. The molecule has 1 aliphatic heterocycles. The number of aryl methyl sites for hydroxylation is 2. The normalized spacial score (nSPS) is 19.2. The van der Waals surface area contributed by atoms with Gasteiger partial charge in [-0.05, 0) is 58.5 Å².